The van der Waals surface area contributed by atoms with Gasteiger partial charge in [0.15, 0.2) is 0 Å². The minimum Gasteiger partial charge on any atom is -0.282 e. The lowest BCUT2D eigenvalue weighted by Crippen LogP contribution is -1.94. The fraction of sp³-hybridized carbons (Fsp3) is 0.133. The molecule has 0 aliphatic heterocycles. The van der Waals surface area contributed by atoms with Gasteiger partial charge in [0.05, 0.1) is 0 Å². The Morgan fingerprint density at radius 2 is 1.65 bits per heavy atom. The van der Waals surface area contributed by atoms with Gasteiger partial charge in [-0.05, 0) is 12.5 Å². The van der Waals surface area contributed by atoms with Crippen LogP contribution >= 0.6 is 11.8 Å². The van der Waals surface area contributed by atoms with Gasteiger partial charge in [-0.1, -0.05) is 71.9 Å². The van der Waals surface area contributed by atoms with Gasteiger partial charge in [0.1, 0.15) is 0 Å². The summed E-state index contributed by atoms with van der Waals surface area (Å²) in [4.78, 5) is 11.9. The van der Waals surface area contributed by atoms with Crippen molar-refractivity contribution in [3.8, 4) is 0 Å². The van der Waals surface area contributed by atoms with E-state index >= 15 is 0 Å². The number of hydrogen-bond acceptors (Lipinski definition) is 2. The zero-order valence-electron chi connectivity index (χ0n) is 9.72. The molecular weight excluding hydrogens is 228 g/mol. The minimum absolute atomic E-state index is 0.133. The minimum atomic E-state index is 0.133. The topological polar surface area (TPSA) is 17.1 Å². The lowest BCUT2D eigenvalue weighted by molar-refractivity contribution is 0.108. The fourth-order valence-electron chi connectivity index (χ4n) is 1.50. The third-order valence-electron chi connectivity index (χ3n) is 2.50. The van der Waals surface area contributed by atoms with Gasteiger partial charge in [-0.3, -0.25) is 4.79 Å². The molecule has 0 fully saturated rings. The van der Waals surface area contributed by atoms with E-state index in [1.165, 1.54) is 22.9 Å². The van der Waals surface area contributed by atoms with Crippen LogP contribution in [0.5, 0.6) is 0 Å². The van der Waals surface area contributed by atoms with Crippen LogP contribution in [-0.4, -0.2) is 5.12 Å². The van der Waals surface area contributed by atoms with Gasteiger partial charge in [-0.25, -0.2) is 0 Å². The van der Waals surface area contributed by atoms with Crippen LogP contribution in [0.25, 0.3) is 0 Å². The van der Waals surface area contributed by atoms with Crippen molar-refractivity contribution in [2.45, 2.75) is 12.7 Å². The maximum atomic E-state index is 11.9. The molecule has 2 aromatic rings. The monoisotopic (exact) mass is 242 g/mol. The molecule has 2 aromatic carbocycles. The molecule has 0 bridgehead atoms. The predicted octanol–water partition coefficient (Wildman–Crippen LogP) is 4.07. The zero-order chi connectivity index (χ0) is 12.1. The second-order valence-corrected chi connectivity index (χ2v) is 4.88. The molecule has 2 heteroatoms. The molecule has 17 heavy (non-hydrogen) atoms. The molecular formula is C15H14OS. The molecule has 0 spiro atoms. The highest BCUT2D eigenvalue weighted by Gasteiger charge is 2.06. The molecule has 86 valence electrons. The fourth-order valence-corrected chi connectivity index (χ4v) is 2.29. The Morgan fingerprint density at radius 3 is 2.29 bits per heavy atom. The van der Waals surface area contributed by atoms with E-state index in [-0.39, 0.29) is 5.12 Å². The quantitative estimate of drug-likeness (QED) is 0.807. The molecule has 0 saturated carbocycles. The highest BCUT2D eigenvalue weighted by Crippen LogP contribution is 2.18. The third kappa shape index (κ3) is 3.46. The van der Waals surface area contributed by atoms with E-state index < -0.39 is 0 Å². The number of carbonyl (C=O) groups is 1. The first-order valence-corrected chi connectivity index (χ1v) is 6.52. The Hall–Kier alpha value is -1.54. The van der Waals surface area contributed by atoms with E-state index in [0.29, 0.717) is 0 Å². The molecule has 0 radical (unpaired) electrons. The second kappa shape index (κ2) is 5.69. The predicted molar refractivity (Wildman–Crippen MR) is 73.2 cm³/mol. The van der Waals surface area contributed by atoms with Crippen LogP contribution in [0.3, 0.4) is 0 Å². The van der Waals surface area contributed by atoms with Crippen molar-refractivity contribution in [1.82, 2.24) is 0 Å². The largest absolute Gasteiger partial charge is 0.282 e. The maximum absolute atomic E-state index is 11.9. The summed E-state index contributed by atoms with van der Waals surface area (Å²) >= 11 is 1.35. The molecule has 0 aromatic heterocycles. The third-order valence-corrected chi connectivity index (χ3v) is 3.48. The molecule has 0 unspecified atom stereocenters. The lowest BCUT2D eigenvalue weighted by Gasteiger charge is -2.01. The van der Waals surface area contributed by atoms with Gasteiger partial charge in [-0.15, -0.1) is 0 Å². The second-order valence-electron chi connectivity index (χ2n) is 3.93. The van der Waals surface area contributed by atoms with Crippen LogP contribution in [0, 0.1) is 6.92 Å². The van der Waals surface area contributed by atoms with Crippen molar-refractivity contribution in [2.24, 2.45) is 0 Å². The Labute approximate surface area is 106 Å². The van der Waals surface area contributed by atoms with Crippen LogP contribution in [0.15, 0.2) is 54.6 Å². The summed E-state index contributed by atoms with van der Waals surface area (Å²) in [5.74, 6) is 0.730. The van der Waals surface area contributed by atoms with Gasteiger partial charge in [-0.2, -0.15) is 0 Å². The number of thioether (sulfide) groups is 1. The first-order valence-electron chi connectivity index (χ1n) is 5.53. The van der Waals surface area contributed by atoms with E-state index in [1.807, 2.05) is 61.5 Å². The van der Waals surface area contributed by atoms with Gasteiger partial charge in [0, 0.05) is 11.3 Å². The van der Waals surface area contributed by atoms with Gasteiger partial charge in [0.25, 0.3) is 0 Å². The normalized spacial score (nSPS) is 10.2. The van der Waals surface area contributed by atoms with E-state index in [2.05, 4.69) is 0 Å². The Kier molecular flexibility index (Phi) is 3.99. The van der Waals surface area contributed by atoms with E-state index in [9.17, 15) is 4.79 Å². The van der Waals surface area contributed by atoms with Crippen LogP contribution in [-0.2, 0) is 5.75 Å². The van der Waals surface area contributed by atoms with Crippen LogP contribution < -0.4 is 0 Å². The Balaban J connectivity index is 1.96. The van der Waals surface area contributed by atoms with Crippen molar-refractivity contribution in [3.63, 3.8) is 0 Å². The first-order chi connectivity index (χ1) is 8.25. The summed E-state index contributed by atoms with van der Waals surface area (Å²) in [5.41, 5.74) is 3.13. The SMILES string of the molecule is Cc1ccc(C(=O)SCc2ccccc2)cc1. The molecule has 0 heterocycles. The van der Waals surface area contributed by atoms with Gasteiger partial charge >= 0.3 is 0 Å². The number of hydrogen-bond donors (Lipinski definition) is 0. The van der Waals surface area contributed by atoms with E-state index in [1.54, 1.807) is 0 Å². The van der Waals surface area contributed by atoms with Crippen molar-refractivity contribution in [1.29, 1.82) is 0 Å². The maximum Gasteiger partial charge on any atom is 0.219 e. The van der Waals surface area contributed by atoms with Crippen molar-refractivity contribution in [2.75, 3.05) is 0 Å². The van der Waals surface area contributed by atoms with Crippen LogP contribution in [0.1, 0.15) is 21.5 Å². The summed E-state index contributed by atoms with van der Waals surface area (Å²) in [6.07, 6.45) is 0. The molecule has 0 saturated heterocycles. The average Bonchev–Trinajstić information content (AvgIpc) is 2.38. The summed E-state index contributed by atoms with van der Waals surface area (Å²) in [7, 11) is 0. The zero-order valence-corrected chi connectivity index (χ0v) is 10.5. The Bertz CT molecular complexity index is 488. The molecule has 0 amide bonds. The molecule has 0 atom stereocenters. The van der Waals surface area contributed by atoms with Gasteiger partial charge in [0.2, 0.25) is 5.12 Å². The molecule has 2 rings (SSSR count). The van der Waals surface area contributed by atoms with E-state index in [0.717, 1.165) is 11.3 Å². The lowest BCUT2D eigenvalue weighted by atomic mass is 10.2. The smallest absolute Gasteiger partial charge is 0.219 e. The Morgan fingerprint density at radius 1 is 1.00 bits per heavy atom. The highest BCUT2D eigenvalue weighted by atomic mass is 32.2. The van der Waals surface area contributed by atoms with Crippen molar-refractivity contribution in [3.05, 3.63) is 71.3 Å². The average molecular weight is 242 g/mol. The number of rotatable bonds is 3. The molecule has 0 N–H and O–H groups in total. The van der Waals surface area contributed by atoms with E-state index in [4.69, 9.17) is 0 Å². The summed E-state index contributed by atoms with van der Waals surface area (Å²) in [5, 5.41) is 0.133. The highest BCUT2D eigenvalue weighted by molar-refractivity contribution is 8.13. The van der Waals surface area contributed by atoms with Crippen LogP contribution in [0.2, 0.25) is 0 Å². The molecule has 0 aliphatic rings. The molecule has 1 nitrogen and oxygen atoms in total. The first kappa shape index (κ1) is 11.9. The summed E-state index contributed by atoms with van der Waals surface area (Å²) in [6.45, 7) is 2.02. The van der Waals surface area contributed by atoms with Crippen molar-refractivity contribution < 1.29 is 4.79 Å². The number of aryl methyl sites for hydroxylation is 1. The van der Waals surface area contributed by atoms with Crippen LogP contribution in [0.4, 0.5) is 0 Å². The van der Waals surface area contributed by atoms with Crippen molar-refractivity contribution >= 4 is 16.9 Å². The molecule has 0 aliphatic carbocycles. The standard InChI is InChI=1S/C15H14OS/c1-12-7-9-14(10-8-12)15(16)17-11-13-5-3-2-4-6-13/h2-10H,11H2,1H3. The number of benzene rings is 2. The van der Waals surface area contributed by atoms with Gasteiger partial charge < -0.3 is 0 Å². The number of carbonyl (C=O) groups excluding carboxylic acids is 1. The summed E-state index contributed by atoms with van der Waals surface area (Å²) in [6, 6.07) is 17.7. The summed E-state index contributed by atoms with van der Waals surface area (Å²) < 4.78 is 0.